The van der Waals surface area contributed by atoms with Gasteiger partial charge in [-0.05, 0) is 54.8 Å². The zero-order valence-electron chi connectivity index (χ0n) is 20.1. The predicted octanol–water partition coefficient (Wildman–Crippen LogP) is 6.26. The summed E-state index contributed by atoms with van der Waals surface area (Å²) < 4.78 is 0. The molecule has 4 heteroatoms. The first-order valence-electron chi connectivity index (χ1n) is 11.9. The molecule has 0 heterocycles. The van der Waals surface area contributed by atoms with Gasteiger partial charge in [0.15, 0.2) is 0 Å². The fourth-order valence-corrected chi connectivity index (χ4v) is 4.11. The molecule has 35 heavy (non-hydrogen) atoms. The minimum Gasteiger partial charge on any atom is -0.349 e. The lowest BCUT2D eigenvalue weighted by molar-refractivity contribution is -0.121. The van der Waals surface area contributed by atoms with Crippen LogP contribution in [0.5, 0.6) is 0 Å². The van der Waals surface area contributed by atoms with Crippen molar-refractivity contribution in [2.24, 2.45) is 0 Å². The highest BCUT2D eigenvalue weighted by molar-refractivity contribution is 6.06. The van der Waals surface area contributed by atoms with E-state index in [1.807, 2.05) is 117 Å². The van der Waals surface area contributed by atoms with Crippen LogP contribution in [0.2, 0.25) is 0 Å². The van der Waals surface area contributed by atoms with E-state index in [0.29, 0.717) is 12.1 Å². The summed E-state index contributed by atoms with van der Waals surface area (Å²) in [5, 5.41) is 3.06. The number of nitrogens with one attached hydrogen (secondary N) is 1. The number of carbonyl (C=O) groups is 2. The number of carbonyl (C=O) groups excluding carboxylic acids is 2. The van der Waals surface area contributed by atoms with E-state index >= 15 is 0 Å². The second-order valence-electron chi connectivity index (χ2n) is 8.79. The third-order valence-electron chi connectivity index (χ3n) is 5.98. The Bertz CT molecular complexity index is 1270. The number of amides is 2. The van der Waals surface area contributed by atoms with Gasteiger partial charge in [-0.15, -0.1) is 0 Å². The van der Waals surface area contributed by atoms with Crippen LogP contribution in [0.3, 0.4) is 0 Å². The first-order chi connectivity index (χ1) is 17.0. The van der Waals surface area contributed by atoms with Crippen LogP contribution in [0.15, 0.2) is 109 Å². The molecule has 0 unspecified atom stereocenters. The molecular formula is C31H30N2O2. The summed E-state index contributed by atoms with van der Waals surface area (Å²) >= 11 is 0. The van der Waals surface area contributed by atoms with Crippen molar-refractivity contribution in [2.75, 3.05) is 4.90 Å². The Balaban J connectivity index is 1.50. The fourth-order valence-electron chi connectivity index (χ4n) is 4.11. The van der Waals surface area contributed by atoms with Crippen LogP contribution in [-0.2, 0) is 17.8 Å². The lowest BCUT2D eigenvalue weighted by Gasteiger charge is -2.24. The summed E-state index contributed by atoms with van der Waals surface area (Å²) in [5.41, 5.74) is 5.62. The largest absolute Gasteiger partial charge is 0.349 e. The second kappa shape index (κ2) is 11.3. The van der Waals surface area contributed by atoms with E-state index in [2.05, 4.69) is 11.4 Å². The SMILES string of the molecule is Cc1cccc(CN(C(=O)c2ccccc2)c2ccc(CC(=O)N[C@@H](C)c3ccccc3)cc2)c1. The molecule has 0 saturated heterocycles. The minimum absolute atomic E-state index is 0.0360. The molecule has 0 saturated carbocycles. The van der Waals surface area contributed by atoms with Crippen molar-refractivity contribution in [3.63, 3.8) is 0 Å². The molecule has 4 nitrogen and oxygen atoms in total. The lowest BCUT2D eigenvalue weighted by atomic mass is 10.1. The van der Waals surface area contributed by atoms with Gasteiger partial charge in [-0.25, -0.2) is 0 Å². The van der Waals surface area contributed by atoms with Gasteiger partial charge in [0.05, 0.1) is 19.0 Å². The number of rotatable bonds is 8. The summed E-state index contributed by atoms with van der Waals surface area (Å²) in [4.78, 5) is 27.8. The van der Waals surface area contributed by atoms with Gasteiger partial charge in [0.25, 0.3) is 5.91 Å². The molecule has 4 aromatic rings. The van der Waals surface area contributed by atoms with Crippen LogP contribution in [0.4, 0.5) is 5.69 Å². The van der Waals surface area contributed by atoms with Crippen LogP contribution in [0.1, 0.15) is 45.6 Å². The molecule has 4 aromatic carbocycles. The number of aryl methyl sites for hydroxylation is 1. The first-order valence-corrected chi connectivity index (χ1v) is 11.9. The average Bonchev–Trinajstić information content (AvgIpc) is 2.88. The summed E-state index contributed by atoms with van der Waals surface area (Å²) in [6.45, 7) is 4.49. The summed E-state index contributed by atoms with van der Waals surface area (Å²) in [5.74, 6) is -0.0969. The Morgan fingerprint density at radius 1 is 0.771 bits per heavy atom. The zero-order valence-corrected chi connectivity index (χ0v) is 20.1. The molecular weight excluding hydrogens is 432 g/mol. The van der Waals surface area contributed by atoms with E-state index in [9.17, 15) is 9.59 Å². The molecule has 0 aromatic heterocycles. The minimum atomic E-state index is -0.0608. The quantitative estimate of drug-likeness (QED) is 0.336. The van der Waals surface area contributed by atoms with Gasteiger partial charge in [-0.3, -0.25) is 9.59 Å². The lowest BCUT2D eigenvalue weighted by Crippen LogP contribution is -2.30. The number of hydrogen-bond donors (Lipinski definition) is 1. The van der Waals surface area contributed by atoms with Gasteiger partial charge in [0, 0.05) is 11.3 Å². The van der Waals surface area contributed by atoms with Crippen molar-refractivity contribution < 1.29 is 9.59 Å². The molecule has 0 aliphatic rings. The number of benzene rings is 4. The molecule has 0 bridgehead atoms. The fraction of sp³-hybridized carbons (Fsp3) is 0.161. The molecule has 1 atom stereocenters. The standard InChI is InChI=1S/C31H30N2O2/c1-23-10-9-11-26(20-23)22-33(31(35)28-14-7-4-8-15-28)29-18-16-25(17-19-29)21-30(34)32-24(2)27-12-5-3-6-13-27/h3-20,24H,21-22H2,1-2H3,(H,32,34)/t24-/m0/s1. The van der Waals surface area contributed by atoms with E-state index in [1.54, 1.807) is 4.90 Å². The third kappa shape index (κ3) is 6.45. The summed E-state index contributed by atoms with van der Waals surface area (Å²) in [6, 6.07) is 35.0. The molecule has 0 aliphatic carbocycles. The van der Waals surface area contributed by atoms with Crippen molar-refractivity contribution >= 4 is 17.5 Å². The van der Waals surface area contributed by atoms with E-state index in [1.165, 1.54) is 0 Å². The highest BCUT2D eigenvalue weighted by Gasteiger charge is 2.19. The van der Waals surface area contributed by atoms with Crippen LogP contribution >= 0.6 is 0 Å². The van der Waals surface area contributed by atoms with Gasteiger partial charge in [0.1, 0.15) is 0 Å². The van der Waals surface area contributed by atoms with E-state index in [4.69, 9.17) is 0 Å². The predicted molar refractivity (Wildman–Crippen MR) is 141 cm³/mol. The van der Waals surface area contributed by atoms with Crippen molar-refractivity contribution in [3.8, 4) is 0 Å². The molecule has 176 valence electrons. The second-order valence-corrected chi connectivity index (χ2v) is 8.79. The maximum Gasteiger partial charge on any atom is 0.258 e. The van der Waals surface area contributed by atoms with E-state index in [0.717, 1.165) is 27.9 Å². The van der Waals surface area contributed by atoms with Gasteiger partial charge in [0.2, 0.25) is 5.91 Å². The van der Waals surface area contributed by atoms with E-state index in [-0.39, 0.29) is 24.3 Å². The Morgan fingerprint density at radius 3 is 2.09 bits per heavy atom. The van der Waals surface area contributed by atoms with Gasteiger partial charge in [-0.1, -0.05) is 90.5 Å². The summed E-state index contributed by atoms with van der Waals surface area (Å²) in [6.07, 6.45) is 0.280. The van der Waals surface area contributed by atoms with Gasteiger partial charge >= 0.3 is 0 Å². The molecule has 0 fully saturated rings. The topological polar surface area (TPSA) is 49.4 Å². The first kappa shape index (κ1) is 24.0. The van der Waals surface area contributed by atoms with E-state index < -0.39 is 0 Å². The van der Waals surface area contributed by atoms with Crippen molar-refractivity contribution in [1.29, 1.82) is 0 Å². The maximum absolute atomic E-state index is 13.4. The Hall–Kier alpha value is -4.18. The Labute approximate surface area is 207 Å². The molecule has 2 amide bonds. The van der Waals surface area contributed by atoms with Crippen LogP contribution in [0, 0.1) is 6.92 Å². The van der Waals surface area contributed by atoms with Crippen LogP contribution in [-0.4, -0.2) is 11.8 Å². The molecule has 0 radical (unpaired) electrons. The van der Waals surface area contributed by atoms with Crippen molar-refractivity contribution in [1.82, 2.24) is 5.32 Å². The monoisotopic (exact) mass is 462 g/mol. The smallest absolute Gasteiger partial charge is 0.258 e. The molecule has 4 rings (SSSR count). The van der Waals surface area contributed by atoms with Gasteiger partial charge < -0.3 is 10.2 Å². The summed E-state index contributed by atoms with van der Waals surface area (Å²) in [7, 11) is 0. The highest BCUT2D eigenvalue weighted by Crippen LogP contribution is 2.22. The number of hydrogen-bond acceptors (Lipinski definition) is 2. The van der Waals surface area contributed by atoms with Crippen LogP contribution < -0.4 is 10.2 Å². The molecule has 0 aliphatic heterocycles. The Kier molecular flexibility index (Phi) is 7.74. The maximum atomic E-state index is 13.4. The highest BCUT2D eigenvalue weighted by atomic mass is 16.2. The Morgan fingerprint density at radius 2 is 1.43 bits per heavy atom. The van der Waals surface area contributed by atoms with Crippen LogP contribution in [0.25, 0.3) is 0 Å². The number of nitrogens with zero attached hydrogens (tertiary/aromatic N) is 1. The number of anilines is 1. The average molecular weight is 463 g/mol. The molecule has 1 N–H and O–H groups in total. The third-order valence-corrected chi connectivity index (χ3v) is 5.98. The van der Waals surface area contributed by atoms with Gasteiger partial charge in [-0.2, -0.15) is 0 Å². The zero-order chi connectivity index (χ0) is 24.6. The van der Waals surface area contributed by atoms with Crippen molar-refractivity contribution in [3.05, 3.63) is 137 Å². The van der Waals surface area contributed by atoms with Crippen molar-refractivity contribution in [2.45, 2.75) is 32.9 Å². The normalized spacial score (nSPS) is 11.5. The molecule has 0 spiro atoms.